The van der Waals surface area contributed by atoms with Gasteiger partial charge in [-0.1, -0.05) is 12.1 Å². The van der Waals surface area contributed by atoms with Crippen LogP contribution >= 0.6 is 0 Å². The van der Waals surface area contributed by atoms with Crippen molar-refractivity contribution in [2.75, 3.05) is 6.61 Å². The van der Waals surface area contributed by atoms with Gasteiger partial charge in [0.15, 0.2) is 18.2 Å². The molecule has 2 aromatic rings. The fourth-order valence-corrected chi connectivity index (χ4v) is 5.07. The number of fused-ring (bicyclic) bond motifs is 1. The first-order valence-electron chi connectivity index (χ1n) is 13.0. The van der Waals surface area contributed by atoms with Crippen LogP contribution in [-0.2, 0) is 14.2 Å². The number of aromatic hydroxyl groups is 2. The molecule has 8 N–H and O–H groups in total. The molecule has 2 fully saturated rings. The van der Waals surface area contributed by atoms with Crippen molar-refractivity contribution in [1.82, 2.24) is 0 Å². The summed E-state index contributed by atoms with van der Waals surface area (Å²) in [7, 11) is 0. The maximum absolute atomic E-state index is 12.9. The number of aliphatic hydroxyl groups excluding tert-OH is 6. The number of phenols is 2. The van der Waals surface area contributed by atoms with E-state index in [2.05, 4.69) is 0 Å². The van der Waals surface area contributed by atoms with Crippen LogP contribution in [0.1, 0.15) is 35.4 Å². The zero-order valence-electron chi connectivity index (χ0n) is 21.8. The van der Waals surface area contributed by atoms with Crippen molar-refractivity contribution in [2.24, 2.45) is 0 Å². The van der Waals surface area contributed by atoms with Crippen LogP contribution in [0.15, 0.2) is 36.4 Å². The summed E-state index contributed by atoms with van der Waals surface area (Å²) in [6, 6.07) is 8.50. The van der Waals surface area contributed by atoms with Gasteiger partial charge >= 0.3 is 0 Å². The van der Waals surface area contributed by atoms with Crippen molar-refractivity contribution >= 4 is 5.78 Å². The number of rotatable bonds is 6. The minimum absolute atomic E-state index is 0.0149. The summed E-state index contributed by atoms with van der Waals surface area (Å²) in [6.07, 6.45) is -16.0. The van der Waals surface area contributed by atoms with Crippen molar-refractivity contribution < 1.29 is 69.3 Å². The van der Waals surface area contributed by atoms with Crippen molar-refractivity contribution in [3.63, 3.8) is 0 Å². The molecule has 0 spiro atoms. The van der Waals surface area contributed by atoms with Gasteiger partial charge in [-0.2, -0.15) is 0 Å². The lowest BCUT2D eigenvalue weighted by molar-refractivity contribution is -0.354. The van der Waals surface area contributed by atoms with Gasteiger partial charge in [0, 0.05) is 12.1 Å². The van der Waals surface area contributed by atoms with Gasteiger partial charge in [0.2, 0.25) is 6.29 Å². The number of Topliss-reactive ketones (excluding diaryl/α,β-unsaturated/α-hetero) is 1. The molecule has 0 saturated carbocycles. The number of aliphatic hydroxyl groups is 6. The second kappa shape index (κ2) is 11.7. The fourth-order valence-electron chi connectivity index (χ4n) is 5.07. The number of ketones is 1. The quantitative estimate of drug-likeness (QED) is 0.202. The van der Waals surface area contributed by atoms with E-state index in [0.717, 1.165) is 6.07 Å². The van der Waals surface area contributed by atoms with Gasteiger partial charge in [0.25, 0.3) is 0 Å². The average Bonchev–Trinajstić information content (AvgIpc) is 2.94. The molecule has 2 aromatic carbocycles. The molecule has 0 radical (unpaired) electrons. The van der Waals surface area contributed by atoms with Crippen LogP contribution in [-0.4, -0.2) is 115 Å². The zero-order chi connectivity index (χ0) is 29.6. The van der Waals surface area contributed by atoms with Crippen molar-refractivity contribution in [3.8, 4) is 23.0 Å². The minimum atomic E-state index is -1.75. The Bertz CT molecular complexity index is 1240. The highest BCUT2D eigenvalue weighted by atomic mass is 16.8. The standard InChI is InChI=1S/C27H32O14/c1-10-20(32)22(34)24(36)26(37-10)41-25-23(35)21(33)18(9-28)40-27(25)38-13-6-14(30)19-15(31)8-16(39-17(19)7-13)11-2-4-12(29)5-3-11/h2-7,10,16,18,20-30,32-36H,8-9H2,1H3/t10?,16-,18+,20-,21?,22?,23-,24?,25?,26-,27+/m0/s1. The smallest absolute Gasteiger partial charge is 0.229 e. The van der Waals surface area contributed by atoms with Crippen LogP contribution in [0.2, 0.25) is 0 Å². The van der Waals surface area contributed by atoms with Crippen LogP contribution in [0.4, 0.5) is 0 Å². The highest BCUT2D eigenvalue weighted by Crippen LogP contribution is 2.43. The number of ether oxygens (including phenoxy) is 5. The van der Waals surface area contributed by atoms with Gasteiger partial charge in [0.1, 0.15) is 71.3 Å². The summed E-state index contributed by atoms with van der Waals surface area (Å²) in [4.78, 5) is 12.9. The monoisotopic (exact) mass is 580 g/mol. The molecule has 5 rings (SSSR count). The topological polar surface area (TPSA) is 225 Å². The molecule has 0 bridgehead atoms. The van der Waals surface area contributed by atoms with E-state index in [-0.39, 0.29) is 29.2 Å². The molecule has 2 saturated heterocycles. The highest BCUT2D eigenvalue weighted by molar-refractivity contribution is 6.02. The van der Waals surface area contributed by atoms with Gasteiger partial charge in [-0.15, -0.1) is 0 Å². The number of carbonyl (C=O) groups is 1. The van der Waals surface area contributed by atoms with E-state index < -0.39 is 85.7 Å². The Morgan fingerprint density at radius 1 is 0.878 bits per heavy atom. The SMILES string of the molecule is CC1O[C@@H](OC2[C@H](Oc3cc(O)c4c(c3)O[C@H](c3ccc(O)cc3)CC4=O)O[C@H](CO)C(O)[C@@H]2O)C(O)C(O)[C@H]1O. The van der Waals surface area contributed by atoms with Crippen molar-refractivity contribution in [3.05, 3.63) is 47.5 Å². The summed E-state index contributed by atoms with van der Waals surface area (Å²) in [5.41, 5.74) is 0.529. The fraction of sp³-hybridized carbons (Fsp3) is 0.519. The molecular weight excluding hydrogens is 548 g/mol. The van der Waals surface area contributed by atoms with E-state index >= 15 is 0 Å². The lowest BCUT2D eigenvalue weighted by atomic mass is 9.95. The maximum Gasteiger partial charge on any atom is 0.229 e. The third-order valence-electron chi connectivity index (χ3n) is 7.42. The van der Waals surface area contributed by atoms with Crippen LogP contribution in [0.25, 0.3) is 0 Å². The van der Waals surface area contributed by atoms with E-state index in [1.807, 2.05) is 0 Å². The summed E-state index contributed by atoms with van der Waals surface area (Å²) < 4.78 is 28.6. The first-order chi connectivity index (χ1) is 19.5. The first kappa shape index (κ1) is 29.4. The predicted octanol–water partition coefficient (Wildman–Crippen LogP) is -1.17. The third kappa shape index (κ3) is 5.70. The van der Waals surface area contributed by atoms with E-state index in [9.17, 15) is 45.6 Å². The molecule has 11 atom stereocenters. The molecule has 41 heavy (non-hydrogen) atoms. The van der Waals surface area contributed by atoms with E-state index in [1.165, 1.54) is 25.1 Å². The average molecular weight is 581 g/mol. The predicted molar refractivity (Wildman–Crippen MR) is 134 cm³/mol. The van der Waals surface area contributed by atoms with Gasteiger partial charge < -0.3 is 64.5 Å². The van der Waals surface area contributed by atoms with Crippen molar-refractivity contribution in [2.45, 2.75) is 80.9 Å². The second-order valence-electron chi connectivity index (χ2n) is 10.2. The first-order valence-corrected chi connectivity index (χ1v) is 13.0. The largest absolute Gasteiger partial charge is 0.508 e. The number of benzene rings is 2. The van der Waals surface area contributed by atoms with Gasteiger partial charge in [0.05, 0.1) is 19.1 Å². The van der Waals surface area contributed by atoms with Crippen molar-refractivity contribution in [1.29, 1.82) is 0 Å². The van der Waals surface area contributed by atoms with Crippen LogP contribution in [0.5, 0.6) is 23.0 Å². The van der Waals surface area contributed by atoms with Crippen LogP contribution < -0.4 is 9.47 Å². The molecule has 3 aliphatic rings. The summed E-state index contributed by atoms with van der Waals surface area (Å²) in [5.74, 6) is -0.947. The van der Waals surface area contributed by atoms with Gasteiger partial charge in [-0.25, -0.2) is 0 Å². The molecule has 3 aliphatic heterocycles. The summed E-state index contributed by atoms with van der Waals surface area (Å²) >= 11 is 0. The van der Waals surface area contributed by atoms with Gasteiger partial charge in [-0.3, -0.25) is 4.79 Å². The second-order valence-corrected chi connectivity index (χ2v) is 10.2. The molecule has 5 unspecified atom stereocenters. The Balaban J connectivity index is 1.41. The molecule has 224 valence electrons. The number of phenolic OH excluding ortho intramolecular Hbond substituents is 2. The molecule has 14 nitrogen and oxygen atoms in total. The lowest BCUT2D eigenvalue weighted by Crippen LogP contribution is -2.64. The zero-order valence-corrected chi connectivity index (χ0v) is 21.8. The number of hydrogen-bond donors (Lipinski definition) is 8. The Kier molecular flexibility index (Phi) is 8.39. The van der Waals surface area contributed by atoms with Gasteiger partial charge in [-0.05, 0) is 24.6 Å². The van der Waals surface area contributed by atoms with Crippen LogP contribution in [0, 0.1) is 0 Å². The van der Waals surface area contributed by atoms with E-state index in [0.29, 0.717) is 5.56 Å². The number of carbonyl (C=O) groups excluding carboxylic acids is 1. The molecule has 14 heteroatoms. The molecule has 0 amide bonds. The van der Waals surface area contributed by atoms with E-state index in [4.69, 9.17) is 23.7 Å². The van der Waals surface area contributed by atoms with Crippen LogP contribution in [0.3, 0.4) is 0 Å². The Morgan fingerprint density at radius 2 is 1.59 bits per heavy atom. The molecule has 0 aliphatic carbocycles. The lowest BCUT2D eigenvalue weighted by Gasteiger charge is -2.45. The number of hydrogen-bond acceptors (Lipinski definition) is 14. The molecule has 0 aromatic heterocycles. The Hall–Kier alpha value is -3.05. The Labute approximate surface area is 233 Å². The molecular formula is C27H32O14. The highest BCUT2D eigenvalue weighted by Gasteiger charge is 2.51. The Morgan fingerprint density at radius 3 is 2.27 bits per heavy atom. The minimum Gasteiger partial charge on any atom is -0.508 e. The normalized spacial score (nSPS) is 37.2. The third-order valence-corrected chi connectivity index (χ3v) is 7.42. The summed E-state index contributed by atoms with van der Waals surface area (Å²) in [5, 5.41) is 81.6. The maximum atomic E-state index is 12.9. The molecule has 3 heterocycles. The summed E-state index contributed by atoms with van der Waals surface area (Å²) in [6.45, 7) is 0.716. The van der Waals surface area contributed by atoms with E-state index in [1.54, 1.807) is 12.1 Å².